The normalized spacial score (nSPS) is 9.00. The van der Waals surface area contributed by atoms with Crippen molar-refractivity contribution in [1.82, 2.24) is 9.13 Å². The SMILES string of the molecule is CC.Cc1cn(C)c(=O)n(C)c1=O. The van der Waals surface area contributed by atoms with Gasteiger partial charge in [0.1, 0.15) is 0 Å². The van der Waals surface area contributed by atoms with Crippen LogP contribution in [0.2, 0.25) is 0 Å². The summed E-state index contributed by atoms with van der Waals surface area (Å²) in [5.41, 5.74) is 0.0586. The highest BCUT2D eigenvalue weighted by molar-refractivity contribution is 5.01. The van der Waals surface area contributed by atoms with Gasteiger partial charge in [-0.15, -0.1) is 0 Å². The van der Waals surface area contributed by atoms with Crippen molar-refractivity contribution in [3.63, 3.8) is 0 Å². The highest BCUT2D eigenvalue weighted by Crippen LogP contribution is 1.80. The topological polar surface area (TPSA) is 44.0 Å². The van der Waals surface area contributed by atoms with Crippen LogP contribution < -0.4 is 11.2 Å². The first kappa shape index (κ1) is 11.7. The molecule has 0 fully saturated rings. The summed E-state index contributed by atoms with van der Waals surface area (Å²) in [7, 11) is 3.09. The van der Waals surface area contributed by atoms with E-state index in [4.69, 9.17) is 0 Å². The summed E-state index contributed by atoms with van der Waals surface area (Å²) in [5.74, 6) is 0. The molecular formula is C9H16N2O2. The zero-order valence-corrected chi connectivity index (χ0v) is 8.79. The largest absolute Gasteiger partial charge is 0.330 e. The van der Waals surface area contributed by atoms with E-state index in [1.165, 1.54) is 17.8 Å². The van der Waals surface area contributed by atoms with Gasteiger partial charge < -0.3 is 4.57 Å². The summed E-state index contributed by atoms with van der Waals surface area (Å²) in [6, 6.07) is 0. The second-order valence-corrected chi connectivity index (χ2v) is 2.57. The Kier molecular flexibility index (Phi) is 4.17. The Morgan fingerprint density at radius 1 is 1.15 bits per heavy atom. The lowest BCUT2D eigenvalue weighted by atomic mass is 10.4. The minimum Gasteiger partial charge on any atom is -0.303 e. The highest BCUT2D eigenvalue weighted by Gasteiger charge is 2.00. The van der Waals surface area contributed by atoms with E-state index >= 15 is 0 Å². The lowest BCUT2D eigenvalue weighted by Gasteiger charge is -2.01. The lowest BCUT2D eigenvalue weighted by molar-refractivity contribution is 0.677. The molecule has 0 atom stereocenters. The van der Waals surface area contributed by atoms with Gasteiger partial charge in [0, 0.05) is 25.9 Å². The van der Waals surface area contributed by atoms with Crippen molar-refractivity contribution in [2.75, 3.05) is 0 Å². The molecule has 0 saturated carbocycles. The molecule has 0 amide bonds. The van der Waals surface area contributed by atoms with Gasteiger partial charge in [-0.25, -0.2) is 4.79 Å². The van der Waals surface area contributed by atoms with Crippen LogP contribution >= 0.6 is 0 Å². The van der Waals surface area contributed by atoms with Gasteiger partial charge in [-0.05, 0) is 6.92 Å². The first-order chi connectivity index (χ1) is 6.04. The minimum atomic E-state index is -0.291. The number of aryl methyl sites for hydroxylation is 2. The average molecular weight is 184 g/mol. The van der Waals surface area contributed by atoms with E-state index in [1.807, 2.05) is 13.8 Å². The van der Waals surface area contributed by atoms with Gasteiger partial charge in [0.15, 0.2) is 0 Å². The quantitative estimate of drug-likeness (QED) is 0.586. The van der Waals surface area contributed by atoms with Crippen LogP contribution in [0.4, 0.5) is 0 Å². The molecular weight excluding hydrogens is 168 g/mol. The van der Waals surface area contributed by atoms with Crippen molar-refractivity contribution in [1.29, 1.82) is 0 Å². The maximum Gasteiger partial charge on any atom is 0.330 e. The van der Waals surface area contributed by atoms with Gasteiger partial charge in [-0.2, -0.15) is 0 Å². The zero-order valence-electron chi connectivity index (χ0n) is 8.79. The smallest absolute Gasteiger partial charge is 0.303 e. The molecule has 0 aliphatic heterocycles. The summed E-state index contributed by atoms with van der Waals surface area (Å²) in [4.78, 5) is 22.2. The first-order valence-electron chi connectivity index (χ1n) is 4.27. The maximum atomic E-state index is 11.1. The van der Waals surface area contributed by atoms with Crippen molar-refractivity contribution in [2.45, 2.75) is 20.8 Å². The Labute approximate surface area is 77.4 Å². The molecule has 4 heteroatoms. The molecule has 0 spiro atoms. The minimum absolute atomic E-state index is 0.229. The van der Waals surface area contributed by atoms with Crippen LogP contribution in [0, 0.1) is 6.92 Å². The Morgan fingerprint density at radius 2 is 1.62 bits per heavy atom. The third-order valence-corrected chi connectivity index (χ3v) is 1.62. The molecule has 4 nitrogen and oxygen atoms in total. The molecule has 13 heavy (non-hydrogen) atoms. The van der Waals surface area contributed by atoms with E-state index in [0.717, 1.165) is 4.57 Å². The fourth-order valence-corrected chi connectivity index (χ4v) is 0.989. The van der Waals surface area contributed by atoms with Gasteiger partial charge in [-0.1, -0.05) is 13.8 Å². The molecule has 0 aliphatic carbocycles. The van der Waals surface area contributed by atoms with Crippen molar-refractivity contribution < 1.29 is 0 Å². The third kappa shape index (κ3) is 2.31. The van der Waals surface area contributed by atoms with E-state index in [9.17, 15) is 9.59 Å². The molecule has 1 heterocycles. The zero-order chi connectivity index (χ0) is 10.6. The molecule has 0 saturated heterocycles. The van der Waals surface area contributed by atoms with E-state index < -0.39 is 0 Å². The summed E-state index contributed by atoms with van der Waals surface area (Å²) in [6.45, 7) is 5.68. The Balaban J connectivity index is 0.000000671. The van der Waals surface area contributed by atoms with E-state index in [1.54, 1.807) is 14.0 Å². The number of rotatable bonds is 0. The molecule has 0 radical (unpaired) electrons. The third-order valence-electron chi connectivity index (χ3n) is 1.62. The molecule has 0 unspecified atom stereocenters. The van der Waals surface area contributed by atoms with Gasteiger partial charge in [0.2, 0.25) is 0 Å². The van der Waals surface area contributed by atoms with Crippen LogP contribution in [-0.2, 0) is 14.1 Å². The predicted octanol–water partition coefficient (Wildman–Crippen LogP) is 0.419. The number of nitrogens with zero attached hydrogens (tertiary/aromatic N) is 2. The van der Waals surface area contributed by atoms with Gasteiger partial charge >= 0.3 is 5.69 Å². The van der Waals surface area contributed by atoms with Crippen LogP contribution in [0.15, 0.2) is 15.8 Å². The molecule has 1 rings (SSSR count). The molecule has 0 N–H and O–H groups in total. The second kappa shape index (κ2) is 4.64. The van der Waals surface area contributed by atoms with Gasteiger partial charge in [0.05, 0.1) is 0 Å². The Morgan fingerprint density at radius 3 is 2.08 bits per heavy atom. The van der Waals surface area contributed by atoms with E-state index in [0.29, 0.717) is 5.56 Å². The van der Waals surface area contributed by atoms with E-state index in [2.05, 4.69) is 0 Å². The molecule has 74 valence electrons. The van der Waals surface area contributed by atoms with Crippen LogP contribution in [0.5, 0.6) is 0 Å². The first-order valence-corrected chi connectivity index (χ1v) is 4.27. The van der Waals surface area contributed by atoms with Crippen LogP contribution in [-0.4, -0.2) is 9.13 Å². The number of aromatic nitrogens is 2. The maximum absolute atomic E-state index is 11.1. The summed E-state index contributed by atoms with van der Waals surface area (Å²) >= 11 is 0. The van der Waals surface area contributed by atoms with Crippen molar-refractivity contribution >= 4 is 0 Å². The molecule has 1 aromatic heterocycles. The standard InChI is InChI=1S/C7H10N2O2.C2H6/c1-5-4-8(2)7(11)9(3)6(5)10;1-2/h4H,1-3H3;1-2H3. The van der Waals surface area contributed by atoms with Crippen LogP contribution in [0.3, 0.4) is 0 Å². The Hall–Kier alpha value is -1.32. The molecule has 0 bridgehead atoms. The van der Waals surface area contributed by atoms with Crippen molar-refractivity contribution in [2.24, 2.45) is 14.1 Å². The van der Waals surface area contributed by atoms with Crippen LogP contribution in [0.1, 0.15) is 19.4 Å². The highest BCUT2D eigenvalue weighted by atomic mass is 16.2. The monoisotopic (exact) mass is 184 g/mol. The molecule has 0 aliphatic rings. The van der Waals surface area contributed by atoms with Crippen molar-refractivity contribution in [3.05, 3.63) is 32.6 Å². The predicted molar refractivity (Wildman–Crippen MR) is 53.0 cm³/mol. The summed E-state index contributed by atoms with van der Waals surface area (Å²) in [5, 5.41) is 0. The molecule has 0 aromatic carbocycles. The number of hydrogen-bond acceptors (Lipinski definition) is 2. The van der Waals surface area contributed by atoms with Gasteiger partial charge in [-0.3, -0.25) is 9.36 Å². The summed E-state index contributed by atoms with van der Waals surface area (Å²) < 4.78 is 2.48. The summed E-state index contributed by atoms with van der Waals surface area (Å²) in [6.07, 6.45) is 1.53. The average Bonchev–Trinajstić information content (AvgIpc) is 2.15. The number of hydrogen-bond donors (Lipinski definition) is 0. The second-order valence-electron chi connectivity index (χ2n) is 2.57. The lowest BCUT2D eigenvalue weighted by Crippen LogP contribution is -2.37. The fraction of sp³-hybridized carbons (Fsp3) is 0.556. The van der Waals surface area contributed by atoms with Crippen molar-refractivity contribution in [3.8, 4) is 0 Å². The molecule has 1 aromatic rings. The Bertz CT molecular complexity index is 353. The fourth-order valence-electron chi connectivity index (χ4n) is 0.989. The van der Waals surface area contributed by atoms with E-state index in [-0.39, 0.29) is 11.2 Å². The van der Waals surface area contributed by atoms with Crippen LogP contribution in [0.25, 0.3) is 0 Å². The van der Waals surface area contributed by atoms with Gasteiger partial charge in [0.25, 0.3) is 5.56 Å².